The number of H-pyrrole nitrogens is 1. The van der Waals surface area contributed by atoms with Crippen LogP contribution in [0.4, 0.5) is 5.69 Å². The monoisotopic (exact) mass is 370 g/mol. The second-order valence-electron chi connectivity index (χ2n) is 5.86. The van der Waals surface area contributed by atoms with E-state index in [1.165, 1.54) is 0 Å². The number of imidazole rings is 1. The molecule has 1 amide bonds. The van der Waals surface area contributed by atoms with E-state index < -0.39 is 0 Å². The Hall–Kier alpha value is -3.06. The lowest BCUT2D eigenvalue weighted by atomic mass is 10.1. The van der Waals surface area contributed by atoms with Crippen molar-refractivity contribution >= 4 is 34.2 Å². The Kier molecular flexibility index (Phi) is 4.22. The molecule has 26 heavy (non-hydrogen) atoms. The van der Waals surface area contributed by atoms with Crippen molar-refractivity contribution < 1.29 is 13.7 Å². The molecule has 2 N–H and O–H groups in total. The number of hydrogen-bond acceptors (Lipinski definition) is 5. The van der Waals surface area contributed by atoms with E-state index >= 15 is 0 Å². The van der Waals surface area contributed by atoms with Gasteiger partial charge >= 0.3 is 0 Å². The minimum absolute atomic E-state index is 0.119. The molecule has 0 atom stereocenters. The van der Waals surface area contributed by atoms with Crippen LogP contribution in [0.1, 0.15) is 17.7 Å². The van der Waals surface area contributed by atoms with Crippen LogP contribution in [0, 0.1) is 6.92 Å². The zero-order valence-electron chi connectivity index (χ0n) is 13.9. The summed E-state index contributed by atoms with van der Waals surface area (Å²) < 4.78 is 10.2. The number of aromatic amines is 1. The number of hydrogen-bond donors (Lipinski definition) is 2. The van der Waals surface area contributed by atoms with Gasteiger partial charge in [0, 0.05) is 17.7 Å². The number of carbonyl (C=O) groups is 1. The predicted molar refractivity (Wildman–Crippen MR) is 97.0 cm³/mol. The van der Waals surface area contributed by atoms with Crippen molar-refractivity contribution in [3.63, 3.8) is 0 Å². The number of carbonyl (C=O) groups excluding carboxylic acids is 1. The molecule has 8 heteroatoms. The van der Waals surface area contributed by atoms with Crippen molar-refractivity contribution in [1.29, 1.82) is 0 Å². The van der Waals surface area contributed by atoms with Crippen LogP contribution in [-0.4, -0.2) is 21.0 Å². The molecule has 0 saturated heterocycles. The number of aryl methyl sites for hydroxylation is 1. The Labute approximate surface area is 153 Å². The van der Waals surface area contributed by atoms with Gasteiger partial charge in [-0.15, -0.1) is 0 Å². The Bertz CT molecular complexity index is 1050. The molecule has 0 bridgehead atoms. The number of nitrogens with one attached hydrogen (secondary N) is 2. The van der Waals surface area contributed by atoms with Crippen LogP contribution in [0.15, 0.2) is 45.5 Å². The molecule has 7 nitrogen and oxygen atoms in total. The molecule has 0 aliphatic rings. The van der Waals surface area contributed by atoms with Crippen LogP contribution < -0.4 is 5.32 Å². The van der Waals surface area contributed by atoms with Crippen LogP contribution in [0.25, 0.3) is 22.6 Å². The minimum atomic E-state index is -0.119. The number of anilines is 1. The first kappa shape index (κ1) is 16.4. The molecule has 0 spiro atoms. The number of amides is 1. The van der Waals surface area contributed by atoms with Crippen molar-refractivity contribution in [2.75, 3.05) is 5.32 Å². The van der Waals surface area contributed by atoms with E-state index in [1.807, 2.05) is 24.3 Å². The molecule has 1 aromatic carbocycles. The summed E-state index contributed by atoms with van der Waals surface area (Å²) in [5.74, 6) is 1.19. The molecule has 0 saturated carbocycles. The summed E-state index contributed by atoms with van der Waals surface area (Å²) in [7, 11) is 0. The van der Waals surface area contributed by atoms with Gasteiger partial charge in [0.25, 0.3) is 0 Å². The summed E-state index contributed by atoms with van der Waals surface area (Å²) >= 11 is 5.92. The third-order valence-corrected chi connectivity index (χ3v) is 4.36. The zero-order valence-corrected chi connectivity index (χ0v) is 14.6. The van der Waals surface area contributed by atoms with Crippen molar-refractivity contribution in [2.45, 2.75) is 19.8 Å². The lowest BCUT2D eigenvalue weighted by Crippen LogP contribution is -2.12. The number of furan rings is 1. The summed E-state index contributed by atoms with van der Waals surface area (Å²) in [5.41, 5.74) is 3.75. The molecular formula is C18H15ClN4O3. The van der Waals surface area contributed by atoms with Crippen LogP contribution in [0.5, 0.6) is 0 Å². The Balaban J connectivity index is 1.46. The maximum absolute atomic E-state index is 12.2. The van der Waals surface area contributed by atoms with E-state index in [4.69, 9.17) is 20.5 Å². The van der Waals surface area contributed by atoms with Crippen LogP contribution >= 0.6 is 11.6 Å². The summed E-state index contributed by atoms with van der Waals surface area (Å²) in [6.07, 6.45) is 2.34. The van der Waals surface area contributed by atoms with Gasteiger partial charge in [0.2, 0.25) is 11.1 Å². The molecule has 4 aromatic rings. The molecule has 0 radical (unpaired) electrons. The quantitative estimate of drug-likeness (QED) is 0.544. The normalized spacial score (nSPS) is 11.2. The van der Waals surface area contributed by atoms with Crippen molar-refractivity contribution in [2.24, 2.45) is 0 Å². The highest BCUT2D eigenvalue weighted by molar-refractivity contribution is 6.29. The van der Waals surface area contributed by atoms with Crippen LogP contribution in [-0.2, 0) is 11.2 Å². The van der Waals surface area contributed by atoms with Crippen molar-refractivity contribution in [3.05, 3.63) is 53.1 Å². The molecule has 132 valence electrons. The molecule has 3 heterocycles. The molecule has 0 aliphatic heterocycles. The van der Waals surface area contributed by atoms with Gasteiger partial charge in [-0.1, -0.05) is 5.16 Å². The lowest BCUT2D eigenvalue weighted by Gasteiger charge is -2.05. The van der Waals surface area contributed by atoms with Gasteiger partial charge in [-0.25, -0.2) is 4.98 Å². The summed E-state index contributed by atoms with van der Waals surface area (Å²) in [6.45, 7) is 1.80. The van der Waals surface area contributed by atoms with Gasteiger partial charge in [0.05, 0.1) is 23.0 Å². The van der Waals surface area contributed by atoms with Crippen LogP contribution in [0.2, 0.25) is 5.22 Å². The fourth-order valence-electron chi connectivity index (χ4n) is 2.72. The SMILES string of the molecule is Cc1noc(Cl)c1CCC(=O)Nc1ccc2nc(-c3ccco3)[nH]c2c1. The number of halogens is 1. The first-order valence-electron chi connectivity index (χ1n) is 8.04. The summed E-state index contributed by atoms with van der Waals surface area (Å²) in [4.78, 5) is 19.9. The topological polar surface area (TPSA) is 97.0 Å². The summed E-state index contributed by atoms with van der Waals surface area (Å²) in [5, 5.41) is 6.89. The van der Waals surface area contributed by atoms with Crippen LogP contribution in [0.3, 0.4) is 0 Å². The molecule has 4 rings (SSSR count). The molecular weight excluding hydrogens is 356 g/mol. The number of aromatic nitrogens is 3. The lowest BCUT2D eigenvalue weighted by molar-refractivity contribution is -0.116. The van der Waals surface area contributed by atoms with E-state index in [-0.39, 0.29) is 17.5 Å². The molecule has 3 aromatic heterocycles. The standard InChI is InChI=1S/C18H15ClN4O3/c1-10-12(17(19)26-23-10)5-7-16(24)20-11-4-6-13-14(9-11)22-18(21-13)15-3-2-8-25-15/h2-4,6,8-9H,5,7H2,1H3,(H,20,24)(H,21,22). The first-order valence-corrected chi connectivity index (χ1v) is 8.42. The average Bonchev–Trinajstić information content (AvgIpc) is 3.33. The maximum atomic E-state index is 12.2. The van der Waals surface area contributed by atoms with Gasteiger partial charge in [-0.05, 0) is 55.3 Å². The third-order valence-electron chi connectivity index (χ3n) is 4.06. The highest BCUT2D eigenvalue weighted by atomic mass is 35.5. The average molecular weight is 371 g/mol. The fraction of sp³-hybridized carbons (Fsp3) is 0.167. The second-order valence-corrected chi connectivity index (χ2v) is 6.21. The summed E-state index contributed by atoms with van der Waals surface area (Å²) in [6, 6.07) is 9.12. The second kappa shape index (κ2) is 6.68. The third kappa shape index (κ3) is 3.21. The molecule has 0 unspecified atom stereocenters. The van der Waals surface area contributed by atoms with Gasteiger partial charge in [0.15, 0.2) is 11.6 Å². The van der Waals surface area contributed by atoms with E-state index in [2.05, 4.69) is 20.4 Å². The molecule has 0 aliphatic carbocycles. The van der Waals surface area contributed by atoms with Crippen molar-refractivity contribution in [1.82, 2.24) is 15.1 Å². The largest absolute Gasteiger partial charge is 0.461 e. The van der Waals surface area contributed by atoms with E-state index in [9.17, 15) is 4.79 Å². The van der Waals surface area contributed by atoms with E-state index in [0.717, 1.165) is 16.6 Å². The van der Waals surface area contributed by atoms with Gasteiger partial charge in [-0.2, -0.15) is 0 Å². The minimum Gasteiger partial charge on any atom is -0.461 e. The fourth-order valence-corrected chi connectivity index (χ4v) is 2.99. The zero-order chi connectivity index (χ0) is 18.1. The highest BCUT2D eigenvalue weighted by Gasteiger charge is 2.13. The van der Waals surface area contributed by atoms with E-state index in [1.54, 1.807) is 19.3 Å². The van der Waals surface area contributed by atoms with Gasteiger partial charge < -0.3 is 19.2 Å². The number of rotatable bonds is 5. The highest BCUT2D eigenvalue weighted by Crippen LogP contribution is 2.24. The number of benzene rings is 1. The predicted octanol–water partition coefficient (Wildman–Crippen LogP) is 4.34. The molecule has 0 fully saturated rings. The smallest absolute Gasteiger partial charge is 0.229 e. The maximum Gasteiger partial charge on any atom is 0.229 e. The first-order chi connectivity index (χ1) is 12.6. The van der Waals surface area contributed by atoms with Gasteiger partial charge in [0.1, 0.15) is 0 Å². The Morgan fingerprint density at radius 3 is 2.96 bits per heavy atom. The Morgan fingerprint density at radius 1 is 1.35 bits per heavy atom. The number of fused-ring (bicyclic) bond motifs is 1. The Morgan fingerprint density at radius 2 is 2.23 bits per heavy atom. The number of nitrogens with zero attached hydrogens (tertiary/aromatic N) is 2. The van der Waals surface area contributed by atoms with Gasteiger partial charge in [-0.3, -0.25) is 4.79 Å². The van der Waals surface area contributed by atoms with Crippen molar-refractivity contribution in [3.8, 4) is 11.6 Å². The van der Waals surface area contributed by atoms with E-state index in [0.29, 0.717) is 29.4 Å².